The molecular weight excluding hydrogens is 734 g/mol. The van der Waals surface area contributed by atoms with Crippen molar-refractivity contribution in [3.05, 3.63) is 144 Å². The molecule has 1 saturated heterocycles. The van der Waals surface area contributed by atoms with E-state index >= 15 is 0 Å². The number of anilines is 1. The number of methoxy groups -OCH3 is 1. The lowest BCUT2D eigenvalue weighted by molar-refractivity contribution is -0.137. The van der Waals surface area contributed by atoms with Crippen LogP contribution in [0.15, 0.2) is 121 Å². The minimum absolute atomic E-state index is 0.468. The number of halogens is 3. The fourth-order valence-corrected chi connectivity index (χ4v) is 9.28. The molecule has 1 aromatic heterocycles. The van der Waals surface area contributed by atoms with Crippen LogP contribution in [0.5, 0.6) is 17.2 Å². The van der Waals surface area contributed by atoms with Crippen LogP contribution in [0.1, 0.15) is 62.3 Å². The smallest absolute Gasteiger partial charge is 0.416 e. The van der Waals surface area contributed by atoms with Gasteiger partial charge in [-0.25, -0.2) is 0 Å². The number of para-hydroxylation sites is 1. The van der Waals surface area contributed by atoms with E-state index in [1.807, 2.05) is 65.2 Å². The van der Waals surface area contributed by atoms with Crippen molar-refractivity contribution in [3.8, 4) is 22.9 Å². The van der Waals surface area contributed by atoms with E-state index in [0.717, 1.165) is 99.0 Å². The van der Waals surface area contributed by atoms with E-state index in [2.05, 4.69) is 74.2 Å². The largest absolute Gasteiger partial charge is 0.495 e. The Morgan fingerprint density at radius 3 is 2.16 bits per heavy atom. The molecule has 0 saturated carbocycles. The van der Waals surface area contributed by atoms with Crippen LogP contribution in [0.25, 0.3) is 44.3 Å². The standard InChI is InChI=1S/C50H47F3N2O3/c1-5-6-25-57-38-20-17-35(18-21-38)49(34-13-9-7-10-14-34)24-23-40-47-46(39-22-19-36(50(51,52)53)27-43(39)55(47)37-15-11-8-12-16-37)41-28-44(54-30-32(2)26-33(3)31-54)45(56-4)29-42(41)48(40)58-49/h7-24,27-29,32-33H,5-6,25-26,30-31H2,1-4H3. The van der Waals surface area contributed by atoms with E-state index in [9.17, 15) is 13.2 Å². The summed E-state index contributed by atoms with van der Waals surface area (Å²) in [5, 5.41) is 3.28. The SMILES string of the molecule is CCCCOc1ccc(C2(c3ccccc3)C=Cc3c(c4cc(OC)c(N5CC(C)CC(C)C5)cc4c4c5ccc(C(F)(F)F)cc5n(-c5ccccc5)c34)O2)cc1. The number of rotatable bonds is 9. The second-order valence-corrected chi connectivity index (χ2v) is 16.1. The molecule has 7 aromatic rings. The molecule has 296 valence electrons. The maximum atomic E-state index is 14.5. The Morgan fingerprint density at radius 1 is 0.793 bits per heavy atom. The molecule has 0 amide bonds. The molecule has 5 nitrogen and oxygen atoms in total. The van der Waals surface area contributed by atoms with Crippen LogP contribution >= 0.6 is 0 Å². The van der Waals surface area contributed by atoms with Crippen molar-refractivity contribution < 1.29 is 27.4 Å². The lowest BCUT2D eigenvalue weighted by Gasteiger charge is -2.38. The Morgan fingerprint density at radius 2 is 1.48 bits per heavy atom. The second-order valence-electron chi connectivity index (χ2n) is 16.1. The van der Waals surface area contributed by atoms with Gasteiger partial charge in [0, 0.05) is 51.6 Å². The summed E-state index contributed by atoms with van der Waals surface area (Å²) >= 11 is 0. The van der Waals surface area contributed by atoms with Crippen LogP contribution in [0.4, 0.5) is 18.9 Å². The zero-order valence-corrected chi connectivity index (χ0v) is 33.3. The second kappa shape index (κ2) is 14.8. The van der Waals surface area contributed by atoms with E-state index in [1.54, 1.807) is 13.2 Å². The zero-order valence-electron chi connectivity index (χ0n) is 33.3. The number of nitrogens with zero attached hydrogens (tertiary/aromatic N) is 2. The van der Waals surface area contributed by atoms with Gasteiger partial charge in [0.1, 0.15) is 17.2 Å². The molecule has 6 aromatic carbocycles. The van der Waals surface area contributed by atoms with E-state index in [-0.39, 0.29) is 0 Å². The number of piperidine rings is 1. The maximum Gasteiger partial charge on any atom is 0.416 e. The Balaban J connectivity index is 1.38. The lowest BCUT2D eigenvalue weighted by atomic mass is 9.82. The molecule has 2 aliphatic heterocycles. The van der Waals surface area contributed by atoms with Gasteiger partial charge in [-0.3, -0.25) is 0 Å². The fourth-order valence-electron chi connectivity index (χ4n) is 9.28. The summed E-state index contributed by atoms with van der Waals surface area (Å²) < 4.78 is 65.2. The van der Waals surface area contributed by atoms with Crippen LogP contribution in [-0.2, 0) is 11.8 Å². The van der Waals surface area contributed by atoms with Gasteiger partial charge < -0.3 is 23.7 Å². The average molecular weight is 781 g/mol. The van der Waals surface area contributed by atoms with Gasteiger partial charge in [0.25, 0.3) is 0 Å². The van der Waals surface area contributed by atoms with Crippen molar-refractivity contribution in [3.63, 3.8) is 0 Å². The van der Waals surface area contributed by atoms with Gasteiger partial charge in [-0.2, -0.15) is 13.2 Å². The predicted molar refractivity (Wildman–Crippen MR) is 229 cm³/mol. The van der Waals surface area contributed by atoms with E-state index in [1.165, 1.54) is 12.1 Å². The van der Waals surface area contributed by atoms with Gasteiger partial charge in [0.2, 0.25) is 0 Å². The number of unbranched alkanes of at least 4 members (excludes halogenated alkanes) is 1. The maximum absolute atomic E-state index is 14.5. The molecule has 0 aliphatic carbocycles. The lowest BCUT2D eigenvalue weighted by Crippen LogP contribution is -2.38. The van der Waals surface area contributed by atoms with E-state index in [4.69, 9.17) is 14.2 Å². The summed E-state index contributed by atoms with van der Waals surface area (Å²) in [6, 6.07) is 36.2. The summed E-state index contributed by atoms with van der Waals surface area (Å²) in [5.41, 5.74) is 3.83. The Hall–Kier alpha value is -5.89. The number of fused-ring (bicyclic) bond motifs is 8. The average Bonchev–Trinajstić information content (AvgIpc) is 3.58. The molecule has 0 radical (unpaired) electrons. The molecule has 0 N–H and O–H groups in total. The summed E-state index contributed by atoms with van der Waals surface area (Å²) in [7, 11) is 1.70. The molecule has 9 rings (SSSR count). The Bertz CT molecular complexity index is 2640. The molecule has 8 heteroatoms. The van der Waals surface area contributed by atoms with Crippen molar-refractivity contribution in [1.82, 2.24) is 4.57 Å². The molecular formula is C50H47F3N2O3. The first-order valence-electron chi connectivity index (χ1n) is 20.3. The van der Waals surface area contributed by atoms with Crippen LogP contribution in [0, 0.1) is 11.8 Å². The molecule has 1 fully saturated rings. The van der Waals surface area contributed by atoms with Crippen molar-refractivity contribution in [1.29, 1.82) is 0 Å². The zero-order chi connectivity index (χ0) is 40.2. The Labute approximate surface area is 337 Å². The van der Waals surface area contributed by atoms with E-state index in [0.29, 0.717) is 29.7 Å². The molecule has 3 atom stereocenters. The van der Waals surface area contributed by atoms with Crippen molar-refractivity contribution in [2.45, 2.75) is 51.8 Å². The quantitative estimate of drug-likeness (QED) is 0.137. The number of alkyl halides is 3. The monoisotopic (exact) mass is 780 g/mol. The highest BCUT2D eigenvalue weighted by Crippen LogP contribution is 2.53. The highest BCUT2D eigenvalue weighted by molar-refractivity contribution is 6.26. The number of hydrogen-bond donors (Lipinski definition) is 0. The minimum Gasteiger partial charge on any atom is -0.495 e. The predicted octanol–water partition coefficient (Wildman–Crippen LogP) is 13.0. The fraction of sp³-hybridized carbons (Fsp3) is 0.280. The number of hydrogen-bond acceptors (Lipinski definition) is 4. The topological polar surface area (TPSA) is 35.9 Å². The third-order valence-corrected chi connectivity index (χ3v) is 11.9. The van der Waals surface area contributed by atoms with Gasteiger partial charge in [0.05, 0.1) is 36.0 Å². The van der Waals surface area contributed by atoms with Gasteiger partial charge in [-0.15, -0.1) is 0 Å². The number of aromatic nitrogens is 1. The van der Waals surface area contributed by atoms with Crippen LogP contribution in [0.3, 0.4) is 0 Å². The summed E-state index contributed by atoms with van der Waals surface area (Å²) in [5.74, 6) is 3.10. The molecule has 0 spiro atoms. The normalized spacial score (nSPS) is 19.4. The molecule has 2 aliphatic rings. The van der Waals surface area contributed by atoms with Crippen molar-refractivity contribution >= 4 is 44.3 Å². The van der Waals surface area contributed by atoms with Gasteiger partial charge in [0.15, 0.2) is 5.60 Å². The summed E-state index contributed by atoms with van der Waals surface area (Å²) in [6.45, 7) is 9.09. The molecule has 3 heterocycles. The van der Waals surface area contributed by atoms with Crippen LogP contribution in [-0.4, -0.2) is 31.4 Å². The third-order valence-electron chi connectivity index (χ3n) is 11.9. The van der Waals surface area contributed by atoms with Crippen molar-refractivity contribution in [2.75, 3.05) is 31.7 Å². The number of ether oxygens (including phenoxy) is 3. The summed E-state index contributed by atoms with van der Waals surface area (Å²) in [6.07, 6.45) is 2.81. The first-order valence-corrected chi connectivity index (χ1v) is 20.3. The third kappa shape index (κ3) is 6.43. The van der Waals surface area contributed by atoms with E-state index < -0.39 is 17.3 Å². The minimum atomic E-state index is -4.52. The van der Waals surface area contributed by atoms with Crippen LogP contribution in [0.2, 0.25) is 0 Å². The van der Waals surface area contributed by atoms with Gasteiger partial charge in [-0.05, 0) is 90.7 Å². The first kappa shape index (κ1) is 37.7. The Kier molecular flexibility index (Phi) is 9.62. The van der Waals surface area contributed by atoms with Crippen molar-refractivity contribution in [2.24, 2.45) is 11.8 Å². The molecule has 58 heavy (non-hydrogen) atoms. The first-order chi connectivity index (χ1) is 28.1. The van der Waals surface area contributed by atoms with Gasteiger partial charge >= 0.3 is 6.18 Å². The highest BCUT2D eigenvalue weighted by atomic mass is 19.4. The summed E-state index contributed by atoms with van der Waals surface area (Å²) in [4.78, 5) is 2.40. The highest BCUT2D eigenvalue weighted by Gasteiger charge is 2.40. The van der Waals surface area contributed by atoms with Gasteiger partial charge in [-0.1, -0.05) is 93.9 Å². The molecule has 0 bridgehead atoms. The van der Waals surface area contributed by atoms with Crippen LogP contribution < -0.4 is 19.1 Å². The molecule has 3 unspecified atom stereocenters. The number of benzene rings is 6.